The molecule has 1 atom stereocenters. The minimum absolute atomic E-state index is 0.477. The normalized spacial score (nSPS) is 13.0. The van der Waals surface area contributed by atoms with Crippen molar-refractivity contribution in [2.45, 2.75) is 12.5 Å². The minimum atomic E-state index is -0.594. The SMILES string of the molecule is Cn1nccc1C(O)Cc1nc2ccccc2n1C. The van der Waals surface area contributed by atoms with Gasteiger partial charge in [-0.15, -0.1) is 0 Å². The van der Waals surface area contributed by atoms with Crippen molar-refractivity contribution in [1.82, 2.24) is 19.3 Å². The molecule has 98 valence electrons. The zero-order chi connectivity index (χ0) is 13.4. The fraction of sp³-hybridized carbons (Fsp3) is 0.286. The molecular weight excluding hydrogens is 240 g/mol. The topological polar surface area (TPSA) is 55.9 Å². The number of para-hydroxylation sites is 2. The van der Waals surface area contributed by atoms with Crippen LogP contribution in [0.25, 0.3) is 11.0 Å². The first-order valence-corrected chi connectivity index (χ1v) is 6.23. The van der Waals surface area contributed by atoms with Crippen LogP contribution in [0.1, 0.15) is 17.6 Å². The van der Waals surface area contributed by atoms with Crippen molar-refractivity contribution in [3.8, 4) is 0 Å². The van der Waals surface area contributed by atoms with E-state index < -0.39 is 6.10 Å². The molecular formula is C14H16N4O. The summed E-state index contributed by atoms with van der Waals surface area (Å²) in [6.45, 7) is 0. The summed E-state index contributed by atoms with van der Waals surface area (Å²) in [5, 5.41) is 14.4. The molecule has 0 saturated carbocycles. The van der Waals surface area contributed by atoms with Gasteiger partial charge >= 0.3 is 0 Å². The van der Waals surface area contributed by atoms with E-state index in [0.717, 1.165) is 22.6 Å². The molecule has 1 N–H and O–H groups in total. The second-order valence-electron chi connectivity index (χ2n) is 4.68. The first kappa shape index (κ1) is 11.9. The minimum Gasteiger partial charge on any atom is -0.386 e. The third kappa shape index (κ3) is 2.02. The standard InChI is InChI=1S/C14H16N4O/c1-17-11-6-4-3-5-10(11)16-14(17)9-13(19)12-7-8-15-18(12)2/h3-8,13,19H,9H2,1-2H3. The number of aliphatic hydroxyl groups excluding tert-OH is 1. The zero-order valence-electron chi connectivity index (χ0n) is 11.0. The fourth-order valence-corrected chi connectivity index (χ4v) is 2.37. The fourth-order valence-electron chi connectivity index (χ4n) is 2.37. The lowest BCUT2D eigenvalue weighted by molar-refractivity contribution is 0.165. The quantitative estimate of drug-likeness (QED) is 0.774. The molecule has 2 heterocycles. The van der Waals surface area contributed by atoms with E-state index in [9.17, 15) is 5.11 Å². The van der Waals surface area contributed by atoms with Gasteiger partial charge < -0.3 is 9.67 Å². The van der Waals surface area contributed by atoms with Crippen LogP contribution in [-0.2, 0) is 20.5 Å². The smallest absolute Gasteiger partial charge is 0.112 e. The Morgan fingerprint density at radius 1 is 1.21 bits per heavy atom. The highest BCUT2D eigenvalue weighted by Gasteiger charge is 2.16. The van der Waals surface area contributed by atoms with E-state index in [1.165, 1.54) is 0 Å². The Labute approximate surface area is 111 Å². The van der Waals surface area contributed by atoms with Crippen LogP contribution in [0.4, 0.5) is 0 Å². The van der Waals surface area contributed by atoms with E-state index in [1.54, 1.807) is 10.9 Å². The molecule has 0 fully saturated rings. The van der Waals surface area contributed by atoms with Gasteiger partial charge in [0.25, 0.3) is 0 Å². The third-order valence-electron chi connectivity index (χ3n) is 3.46. The molecule has 19 heavy (non-hydrogen) atoms. The van der Waals surface area contributed by atoms with Gasteiger partial charge in [-0.05, 0) is 18.2 Å². The Morgan fingerprint density at radius 2 is 2.00 bits per heavy atom. The molecule has 1 aromatic carbocycles. The van der Waals surface area contributed by atoms with Gasteiger partial charge in [-0.1, -0.05) is 12.1 Å². The molecule has 0 aliphatic heterocycles. The number of imidazole rings is 1. The highest BCUT2D eigenvalue weighted by Crippen LogP contribution is 2.20. The Bertz CT molecular complexity index is 713. The van der Waals surface area contributed by atoms with E-state index in [1.807, 2.05) is 49.0 Å². The van der Waals surface area contributed by atoms with Crippen LogP contribution in [0.2, 0.25) is 0 Å². The number of aromatic nitrogens is 4. The maximum absolute atomic E-state index is 10.3. The highest BCUT2D eigenvalue weighted by atomic mass is 16.3. The van der Waals surface area contributed by atoms with Crippen molar-refractivity contribution in [2.24, 2.45) is 14.1 Å². The van der Waals surface area contributed by atoms with E-state index in [2.05, 4.69) is 10.1 Å². The first-order valence-electron chi connectivity index (χ1n) is 6.23. The van der Waals surface area contributed by atoms with Crippen molar-refractivity contribution < 1.29 is 5.11 Å². The van der Waals surface area contributed by atoms with Crippen molar-refractivity contribution in [3.63, 3.8) is 0 Å². The maximum atomic E-state index is 10.3. The second kappa shape index (κ2) is 4.51. The van der Waals surface area contributed by atoms with Crippen LogP contribution in [0, 0.1) is 0 Å². The van der Waals surface area contributed by atoms with Crippen LogP contribution in [0.15, 0.2) is 36.5 Å². The van der Waals surface area contributed by atoms with E-state index >= 15 is 0 Å². The molecule has 0 aliphatic carbocycles. The highest BCUT2D eigenvalue weighted by molar-refractivity contribution is 5.75. The van der Waals surface area contributed by atoms with Gasteiger partial charge in [0.05, 0.1) is 16.7 Å². The predicted molar refractivity (Wildman–Crippen MR) is 72.6 cm³/mol. The average molecular weight is 256 g/mol. The average Bonchev–Trinajstić information content (AvgIpc) is 2.95. The van der Waals surface area contributed by atoms with Gasteiger partial charge in [-0.2, -0.15) is 5.10 Å². The molecule has 0 bridgehead atoms. The van der Waals surface area contributed by atoms with Gasteiger partial charge in [0.15, 0.2) is 0 Å². The van der Waals surface area contributed by atoms with Crippen molar-refractivity contribution in [2.75, 3.05) is 0 Å². The molecule has 0 aliphatic rings. The number of nitrogens with zero attached hydrogens (tertiary/aromatic N) is 4. The summed E-state index contributed by atoms with van der Waals surface area (Å²) >= 11 is 0. The molecule has 5 heteroatoms. The zero-order valence-corrected chi connectivity index (χ0v) is 11.0. The van der Waals surface area contributed by atoms with Crippen molar-refractivity contribution in [1.29, 1.82) is 0 Å². The largest absolute Gasteiger partial charge is 0.386 e. The lowest BCUT2D eigenvalue weighted by Gasteiger charge is -2.10. The number of hydrogen-bond donors (Lipinski definition) is 1. The first-order chi connectivity index (χ1) is 9.16. The molecule has 3 aromatic rings. The maximum Gasteiger partial charge on any atom is 0.112 e. The number of aryl methyl sites for hydroxylation is 2. The number of fused-ring (bicyclic) bond motifs is 1. The van der Waals surface area contributed by atoms with Crippen LogP contribution in [0.5, 0.6) is 0 Å². The summed E-state index contributed by atoms with van der Waals surface area (Å²) in [7, 11) is 3.80. The number of aliphatic hydroxyl groups is 1. The van der Waals surface area contributed by atoms with Crippen molar-refractivity contribution in [3.05, 3.63) is 48.0 Å². The van der Waals surface area contributed by atoms with Gasteiger partial charge in [0.1, 0.15) is 11.9 Å². The molecule has 0 saturated heterocycles. The number of rotatable bonds is 3. The Morgan fingerprint density at radius 3 is 2.68 bits per heavy atom. The summed E-state index contributed by atoms with van der Waals surface area (Å²) in [5.41, 5.74) is 2.83. The Hall–Kier alpha value is -2.14. The summed E-state index contributed by atoms with van der Waals surface area (Å²) in [6, 6.07) is 9.80. The molecule has 2 aromatic heterocycles. The summed E-state index contributed by atoms with van der Waals surface area (Å²) in [5.74, 6) is 0.870. The van der Waals surface area contributed by atoms with Gasteiger partial charge in [0.2, 0.25) is 0 Å². The molecule has 1 unspecified atom stereocenters. The predicted octanol–water partition coefficient (Wildman–Crippen LogP) is 1.58. The van der Waals surface area contributed by atoms with E-state index in [4.69, 9.17) is 0 Å². The Kier molecular flexibility index (Phi) is 2.83. The number of benzene rings is 1. The molecule has 0 amide bonds. The van der Waals surface area contributed by atoms with Crippen molar-refractivity contribution >= 4 is 11.0 Å². The van der Waals surface area contributed by atoms with Gasteiger partial charge in [0, 0.05) is 26.7 Å². The Balaban J connectivity index is 1.93. The van der Waals surface area contributed by atoms with Gasteiger partial charge in [-0.3, -0.25) is 4.68 Å². The van der Waals surface area contributed by atoms with E-state index in [0.29, 0.717) is 6.42 Å². The monoisotopic (exact) mass is 256 g/mol. The molecule has 3 rings (SSSR count). The third-order valence-corrected chi connectivity index (χ3v) is 3.46. The lowest BCUT2D eigenvalue weighted by Crippen LogP contribution is -2.10. The van der Waals surface area contributed by atoms with Crippen LogP contribution < -0.4 is 0 Å². The van der Waals surface area contributed by atoms with E-state index in [-0.39, 0.29) is 0 Å². The number of hydrogen-bond acceptors (Lipinski definition) is 3. The molecule has 0 spiro atoms. The molecule has 0 radical (unpaired) electrons. The molecule has 5 nitrogen and oxygen atoms in total. The summed E-state index contributed by atoms with van der Waals surface area (Å²) < 4.78 is 3.71. The van der Waals surface area contributed by atoms with Gasteiger partial charge in [-0.25, -0.2) is 4.98 Å². The van der Waals surface area contributed by atoms with Crippen LogP contribution in [0.3, 0.4) is 0 Å². The summed E-state index contributed by atoms with van der Waals surface area (Å²) in [6.07, 6.45) is 1.57. The lowest BCUT2D eigenvalue weighted by atomic mass is 10.2. The van der Waals surface area contributed by atoms with Crippen LogP contribution in [-0.4, -0.2) is 24.4 Å². The van der Waals surface area contributed by atoms with Crippen LogP contribution >= 0.6 is 0 Å². The second-order valence-corrected chi connectivity index (χ2v) is 4.68. The summed E-state index contributed by atoms with van der Waals surface area (Å²) in [4.78, 5) is 4.57.